The topological polar surface area (TPSA) is 79.3 Å². The fourth-order valence-electron chi connectivity index (χ4n) is 1.44. The molecule has 1 aromatic heterocycles. The minimum atomic E-state index is -0.949. The van der Waals surface area contributed by atoms with Crippen LogP contribution < -0.4 is 5.32 Å². The number of anilines is 1. The number of carboxylic acids is 1. The molecule has 1 aromatic carbocycles. The van der Waals surface area contributed by atoms with Crippen molar-refractivity contribution in [1.82, 2.24) is 4.98 Å². The molecule has 0 aliphatic carbocycles. The molecule has 0 radical (unpaired) electrons. The number of benzene rings is 1. The monoisotopic (exact) mass is 466 g/mol. The summed E-state index contributed by atoms with van der Waals surface area (Å²) in [5.41, 5.74) is 0.969. The molecule has 5 nitrogen and oxygen atoms in total. The summed E-state index contributed by atoms with van der Waals surface area (Å²) < 4.78 is 1.64. The van der Waals surface area contributed by atoms with E-state index in [0.29, 0.717) is 16.4 Å². The van der Waals surface area contributed by atoms with Gasteiger partial charge in [-0.15, -0.1) is 11.3 Å². The second kappa shape index (κ2) is 6.64. The van der Waals surface area contributed by atoms with Gasteiger partial charge in [-0.1, -0.05) is 15.9 Å². The molecule has 2 rings (SSSR count). The molecule has 0 bridgehead atoms. The number of halogens is 2. The van der Waals surface area contributed by atoms with Crippen molar-refractivity contribution in [3.63, 3.8) is 0 Å². The molecule has 0 spiro atoms. The van der Waals surface area contributed by atoms with Gasteiger partial charge >= 0.3 is 5.97 Å². The van der Waals surface area contributed by atoms with Crippen LogP contribution in [0.15, 0.2) is 28.1 Å². The molecular formula is C12H8BrIN2O3S. The highest BCUT2D eigenvalue weighted by Gasteiger charge is 2.13. The van der Waals surface area contributed by atoms with E-state index in [-0.39, 0.29) is 12.3 Å². The van der Waals surface area contributed by atoms with Crippen molar-refractivity contribution in [3.8, 4) is 0 Å². The van der Waals surface area contributed by atoms with Gasteiger partial charge in [0.1, 0.15) is 0 Å². The Balaban J connectivity index is 2.13. The predicted octanol–water partition coefficient (Wildman–Crippen LogP) is 3.39. The lowest BCUT2D eigenvalue weighted by molar-refractivity contribution is -0.136. The molecule has 20 heavy (non-hydrogen) atoms. The highest BCUT2D eigenvalue weighted by molar-refractivity contribution is 14.1. The largest absolute Gasteiger partial charge is 0.481 e. The number of amides is 1. The van der Waals surface area contributed by atoms with E-state index in [2.05, 4.69) is 48.8 Å². The molecule has 2 aromatic rings. The third kappa shape index (κ3) is 4.00. The summed E-state index contributed by atoms with van der Waals surface area (Å²) in [7, 11) is 0. The van der Waals surface area contributed by atoms with Crippen LogP contribution in [-0.4, -0.2) is 22.0 Å². The highest BCUT2D eigenvalue weighted by atomic mass is 127. The predicted molar refractivity (Wildman–Crippen MR) is 88.3 cm³/mol. The van der Waals surface area contributed by atoms with E-state index in [9.17, 15) is 9.59 Å². The van der Waals surface area contributed by atoms with Crippen LogP contribution in [0.1, 0.15) is 16.1 Å². The zero-order valence-corrected chi connectivity index (χ0v) is 14.5. The van der Waals surface area contributed by atoms with Crippen molar-refractivity contribution in [3.05, 3.63) is 42.9 Å². The first kappa shape index (κ1) is 15.4. The maximum atomic E-state index is 12.1. The normalized spacial score (nSPS) is 10.3. The van der Waals surface area contributed by atoms with Crippen molar-refractivity contribution < 1.29 is 14.7 Å². The number of carbonyl (C=O) groups excluding carboxylic acids is 1. The van der Waals surface area contributed by atoms with Crippen molar-refractivity contribution in [2.75, 3.05) is 5.32 Å². The van der Waals surface area contributed by atoms with Crippen LogP contribution in [0.25, 0.3) is 0 Å². The maximum absolute atomic E-state index is 12.1. The van der Waals surface area contributed by atoms with Gasteiger partial charge in [0.2, 0.25) is 0 Å². The average Bonchev–Trinajstić information content (AvgIpc) is 2.78. The van der Waals surface area contributed by atoms with Crippen LogP contribution in [0.5, 0.6) is 0 Å². The molecule has 2 N–H and O–H groups in total. The van der Waals surface area contributed by atoms with E-state index in [1.165, 1.54) is 11.3 Å². The standard InChI is InChI=1S/C12H8BrIN2O3S/c13-6-1-2-9(14)8(3-6)11(19)16-12-15-7(5-20-12)4-10(17)18/h1-3,5H,4H2,(H,17,18)(H,15,16,19). The number of thiazole rings is 1. The molecule has 0 saturated heterocycles. The Hall–Kier alpha value is -1.000. The SMILES string of the molecule is O=C(O)Cc1csc(NC(=O)c2cc(Br)ccc2I)n1. The van der Waals surface area contributed by atoms with E-state index < -0.39 is 5.97 Å². The number of rotatable bonds is 4. The molecule has 0 fully saturated rings. The lowest BCUT2D eigenvalue weighted by Gasteiger charge is -2.04. The lowest BCUT2D eigenvalue weighted by atomic mass is 10.2. The number of carbonyl (C=O) groups is 2. The zero-order valence-electron chi connectivity index (χ0n) is 9.89. The van der Waals surface area contributed by atoms with Crippen LogP contribution in [0, 0.1) is 3.57 Å². The molecule has 104 valence electrons. The van der Waals surface area contributed by atoms with Crippen molar-refractivity contribution in [2.45, 2.75) is 6.42 Å². The number of hydrogen-bond acceptors (Lipinski definition) is 4. The number of carboxylic acid groups (broad SMARTS) is 1. The van der Waals surface area contributed by atoms with E-state index in [0.717, 1.165) is 8.04 Å². The van der Waals surface area contributed by atoms with Crippen LogP contribution in [-0.2, 0) is 11.2 Å². The number of nitrogens with zero attached hydrogens (tertiary/aromatic N) is 1. The average molecular weight is 467 g/mol. The van der Waals surface area contributed by atoms with Crippen molar-refractivity contribution in [2.24, 2.45) is 0 Å². The Labute approximate surface area is 140 Å². The molecule has 0 aliphatic rings. The van der Waals surface area contributed by atoms with E-state index >= 15 is 0 Å². The number of aromatic nitrogens is 1. The summed E-state index contributed by atoms with van der Waals surface area (Å²) in [5.74, 6) is -1.22. The Kier molecular flexibility index (Phi) is 5.11. The minimum absolute atomic E-state index is 0.152. The van der Waals surface area contributed by atoms with Gasteiger partial charge in [-0.3, -0.25) is 14.9 Å². The molecule has 1 amide bonds. The third-order valence-corrected chi connectivity index (χ3v) is 4.52. The molecule has 8 heteroatoms. The number of hydrogen-bond donors (Lipinski definition) is 2. The van der Waals surface area contributed by atoms with E-state index in [1.807, 2.05) is 12.1 Å². The second-order valence-corrected chi connectivity index (χ2v) is 6.73. The quantitative estimate of drug-likeness (QED) is 0.677. The third-order valence-electron chi connectivity index (χ3n) is 2.28. The van der Waals surface area contributed by atoms with Gasteiger partial charge in [0.25, 0.3) is 5.91 Å². The summed E-state index contributed by atoms with van der Waals surface area (Å²) in [6.45, 7) is 0. The first-order valence-corrected chi connectivity index (χ1v) is 8.13. The Morgan fingerprint density at radius 3 is 2.90 bits per heavy atom. The maximum Gasteiger partial charge on any atom is 0.309 e. The highest BCUT2D eigenvalue weighted by Crippen LogP contribution is 2.21. The van der Waals surface area contributed by atoms with Crippen LogP contribution in [0.2, 0.25) is 0 Å². The number of nitrogens with one attached hydrogen (secondary N) is 1. The smallest absolute Gasteiger partial charge is 0.309 e. The van der Waals surface area contributed by atoms with Gasteiger partial charge in [-0.25, -0.2) is 4.98 Å². The summed E-state index contributed by atoms with van der Waals surface area (Å²) in [5, 5.41) is 13.4. The summed E-state index contributed by atoms with van der Waals surface area (Å²) in [4.78, 5) is 26.8. The Bertz CT molecular complexity index is 674. The van der Waals surface area contributed by atoms with Crippen molar-refractivity contribution >= 4 is 66.9 Å². The van der Waals surface area contributed by atoms with E-state index in [4.69, 9.17) is 5.11 Å². The molecule has 0 atom stereocenters. The molecular weight excluding hydrogens is 459 g/mol. The summed E-state index contributed by atoms with van der Waals surface area (Å²) in [6, 6.07) is 5.41. The Morgan fingerprint density at radius 1 is 1.45 bits per heavy atom. The Morgan fingerprint density at radius 2 is 2.20 bits per heavy atom. The lowest BCUT2D eigenvalue weighted by Crippen LogP contribution is -2.13. The molecule has 0 aliphatic heterocycles. The number of aliphatic carboxylic acids is 1. The van der Waals surface area contributed by atoms with Gasteiger partial charge in [0.05, 0.1) is 17.7 Å². The van der Waals surface area contributed by atoms with Gasteiger partial charge in [-0.05, 0) is 40.8 Å². The zero-order chi connectivity index (χ0) is 14.7. The first-order chi connectivity index (χ1) is 9.45. The molecule has 0 unspecified atom stereocenters. The minimum Gasteiger partial charge on any atom is -0.481 e. The fraction of sp³-hybridized carbons (Fsp3) is 0.0833. The molecule has 1 heterocycles. The summed E-state index contributed by atoms with van der Waals surface area (Å²) >= 11 is 6.60. The van der Waals surface area contributed by atoms with Gasteiger partial charge in [0.15, 0.2) is 5.13 Å². The second-order valence-electron chi connectivity index (χ2n) is 3.79. The summed E-state index contributed by atoms with van der Waals surface area (Å²) in [6.07, 6.45) is -0.152. The van der Waals surface area contributed by atoms with Gasteiger partial charge in [0, 0.05) is 13.4 Å². The van der Waals surface area contributed by atoms with Gasteiger partial charge in [-0.2, -0.15) is 0 Å². The van der Waals surface area contributed by atoms with Crippen molar-refractivity contribution in [1.29, 1.82) is 0 Å². The molecule has 0 saturated carbocycles. The van der Waals surface area contributed by atoms with Crippen LogP contribution in [0.4, 0.5) is 5.13 Å². The first-order valence-electron chi connectivity index (χ1n) is 5.38. The van der Waals surface area contributed by atoms with Crippen LogP contribution >= 0.6 is 49.9 Å². The van der Waals surface area contributed by atoms with E-state index in [1.54, 1.807) is 11.4 Å². The fourth-order valence-corrected chi connectivity index (χ4v) is 3.08. The van der Waals surface area contributed by atoms with Gasteiger partial charge < -0.3 is 5.11 Å². The van der Waals surface area contributed by atoms with Crippen LogP contribution in [0.3, 0.4) is 0 Å².